The van der Waals surface area contributed by atoms with Crippen molar-refractivity contribution in [3.63, 3.8) is 0 Å². The number of aliphatic hydroxyl groups is 1. The quantitative estimate of drug-likeness (QED) is 0.736. The molecule has 0 bridgehead atoms. The summed E-state index contributed by atoms with van der Waals surface area (Å²) in [6, 6.07) is 0. The van der Waals surface area contributed by atoms with Gasteiger partial charge in [-0.3, -0.25) is 15.0 Å². The highest BCUT2D eigenvalue weighted by Crippen LogP contribution is 2.20. The monoisotopic (exact) mass is 244 g/mol. The average Bonchev–Trinajstić information content (AvgIpc) is 2.21. The van der Waals surface area contributed by atoms with E-state index in [1.165, 1.54) is 0 Å². The van der Waals surface area contributed by atoms with E-state index in [-0.39, 0.29) is 19.1 Å². The third kappa shape index (κ3) is 5.14. The molecule has 98 valence electrons. The molecule has 17 heavy (non-hydrogen) atoms. The standard InChI is InChI=1S/C11H20N2O4/c1-3-17-10(15)12-9(14)8-13-6-4-11(2,16)5-7-13/h16H,3-8H2,1-2H3,(H,12,14,15). The van der Waals surface area contributed by atoms with Crippen LogP contribution in [0, 0.1) is 0 Å². The van der Waals surface area contributed by atoms with Crippen molar-refractivity contribution < 1.29 is 19.4 Å². The number of piperidine rings is 1. The van der Waals surface area contributed by atoms with Crippen LogP contribution in [0.5, 0.6) is 0 Å². The molecule has 1 saturated heterocycles. The van der Waals surface area contributed by atoms with Crippen LogP contribution >= 0.6 is 0 Å². The number of amides is 2. The zero-order chi connectivity index (χ0) is 12.9. The maximum absolute atomic E-state index is 11.4. The van der Waals surface area contributed by atoms with Gasteiger partial charge in [0.05, 0.1) is 18.8 Å². The van der Waals surface area contributed by atoms with Crippen LogP contribution in [0.25, 0.3) is 0 Å². The van der Waals surface area contributed by atoms with Crippen molar-refractivity contribution in [1.82, 2.24) is 10.2 Å². The predicted molar refractivity (Wildman–Crippen MR) is 61.5 cm³/mol. The summed E-state index contributed by atoms with van der Waals surface area (Å²) in [6.45, 7) is 5.19. The first-order valence-electron chi connectivity index (χ1n) is 5.84. The van der Waals surface area contributed by atoms with Gasteiger partial charge in [0, 0.05) is 13.1 Å². The lowest BCUT2D eigenvalue weighted by molar-refractivity contribution is -0.122. The molecule has 0 aromatic carbocycles. The molecule has 0 unspecified atom stereocenters. The summed E-state index contributed by atoms with van der Waals surface area (Å²) < 4.78 is 4.61. The van der Waals surface area contributed by atoms with Gasteiger partial charge in [-0.05, 0) is 26.7 Å². The smallest absolute Gasteiger partial charge is 0.413 e. The van der Waals surface area contributed by atoms with E-state index in [4.69, 9.17) is 0 Å². The number of likely N-dealkylation sites (tertiary alicyclic amines) is 1. The van der Waals surface area contributed by atoms with Crippen molar-refractivity contribution in [1.29, 1.82) is 0 Å². The Kier molecular flexibility index (Phi) is 4.89. The largest absolute Gasteiger partial charge is 0.450 e. The van der Waals surface area contributed by atoms with Gasteiger partial charge < -0.3 is 9.84 Å². The van der Waals surface area contributed by atoms with Crippen molar-refractivity contribution in [2.75, 3.05) is 26.2 Å². The van der Waals surface area contributed by atoms with Crippen molar-refractivity contribution >= 4 is 12.0 Å². The van der Waals surface area contributed by atoms with E-state index in [0.29, 0.717) is 25.9 Å². The fraction of sp³-hybridized carbons (Fsp3) is 0.818. The zero-order valence-corrected chi connectivity index (χ0v) is 10.4. The van der Waals surface area contributed by atoms with Crippen LogP contribution in [-0.2, 0) is 9.53 Å². The molecule has 6 nitrogen and oxygen atoms in total. The molecular weight excluding hydrogens is 224 g/mol. The Morgan fingerprint density at radius 2 is 2.00 bits per heavy atom. The van der Waals surface area contributed by atoms with Gasteiger partial charge in [0.1, 0.15) is 0 Å². The Labute approximate surface area is 101 Å². The first kappa shape index (κ1) is 13.9. The molecule has 1 aliphatic rings. The lowest BCUT2D eigenvalue weighted by atomic mass is 9.94. The van der Waals surface area contributed by atoms with Crippen molar-refractivity contribution in [2.24, 2.45) is 0 Å². The van der Waals surface area contributed by atoms with Crippen LogP contribution in [0.4, 0.5) is 4.79 Å². The molecule has 6 heteroatoms. The van der Waals surface area contributed by atoms with Gasteiger partial charge in [0.25, 0.3) is 0 Å². The molecule has 0 aromatic rings. The summed E-state index contributed by atoms with van der Waals surface area (Å²) in [5.41, 5.74) is -0.631. The molecule has 0 atom stereocenters. The molecular formula is C11H20N2O4. The van der Waals surface area contributed by atoms with Gasteiger partial charge in [-0.15, -0.1) is 0 Å². The van der Waals surface area contributed by atoms with E-state index in [2.05, 4.69) is 10.1 Å². The van der Waals surface area contributed by atoms with Gasteiger partial charge >= 0.3 is 6.09 Å². The number of hydrogen-bond acceptors (Lipinski definition) is 5. The van der Waals surface area contributed by atoms with E-state index in [1.807, 2.05) is 4.90 Å². The molecule has 1 rings (SSSR count). The topological polar surface area (TPSA) is 78.9 Å². The highest BCUT2D eigenvalue weighted by molar-refractivity contribution is 5.92. The molecule has 0 spiro atoms. The number of ether oxygens (including phenoxy) is 1. The first-order chi connectivity index (χ1) is 7.93. The van der Waals surface area contributed by atoms with E-state index in [9.17, 15) is 14.7 Å². The maximum atomic E-state index is 11.4. The molecule has 0 saturated carbocycles. The fourth-order valence-electron chi connectivity index (χ4n) is 1.72. The Morgan fingerprint density at radius 3 is 2.53 bits per heavy atom. The number of hydrogen-bond donors (Lipinski definition) is 2. The number of nitrogens with one attached hydrogen (secondary N) is 1. The number of carbonyl (C=O) groups is 2. The van der Waals surface area contributed by atoms with Crippen LogP contribution in [0.2, 0.25) is 0 Å². The lowest BCUT2D eigenvalue weighted by Crippen LogP contribution is -2.47. The minimum Gasteiger partial charge on any atom is -0.450 e. The van der Waals surface area contributed by atoms with Crippen LogP contribution in [-0.4, -0.2) is 53.8 Å². The van der Waals surface area contributed by atoms with Crippen molar-refractivity contribution in [2.45, 2.75) is 32.3 Å². The van der Waals surface area contributed by atoms with Crippen LogP contribution in [0.15, 0.2) is 0 Å². The second kappa shape index (κ2) is 5.97. The minimum atomic E-state index is -0.707. The molecule has 2 amide bonds. The molecule has 1 fully saturated rings. The average molecular weight is 244 g/mol. The van der Waals surface area contributed by atoms with E-state index in [0.717, 1.165) is 0 Å². The van der Waals surface area contributed by atoms with E-state index in [1.54, 1.807) is 13.8 Å². The van der Waals surface area contributed by atoms with Gasteiger partial charge in [0.2, 0.25) is 5.91 Å². The number of carbonyl (C=O) groups excluding carboxylic acids is 2. The van der Waals surface area contributed by atoms with Crippen LogP contribution < -0.4 is 5.32 Å². The second-order valence-corrected chi connectivity index (χ2v) is 4.54. The van der Waals surface area contributed by atoms with Gasteiger partial charge in [-0.2, -0.15) is 0 Å². The molecule has 0 radical (unpaired) electrons. The minimum absolute atomic E-state index is 0.162. The predicted octanol–water partition coefficient (Wildman–Crippen LogP) is 0.106. The molecule has 1 aliphatic heterocycles. The summed E-state index contributed by atoms with van der Waals surface area (Å²) >= 11 is 0. The van der Waals surface area contributed by atoms with Crippen molar-refractivity contribution in [3.05, 3.63) is 0 Å². The highest BCUT2D eigenvalue weighted by Gasteiger charge is 2.28. The fourth-order valence-corrected chi connectivity index (χ4v) is 1.72. The van der Waals surface area contributed by atoms with E-state index >= 15 is 0 Å². The summed E-state index contributed by atoms with van der Waals surface area (Å²) in [6.07, 6.45) is 0.570. The van der Waals surface area contributed by atoms with Gasteiger partial charge in [-0.1, -0.05) is 0 Å². The van der Waals surface area contributed by atoms with E-state index < -0.39 is 11.7 Å². The third-order valence-corrected chi connectivity index (χ3v) is 2.82. The first-order valence-corrected chi connectivity index (χ1v) is 5.84. The summed E-state index contributed by atoms with van der Waals surface area (Å²) in [4.78, 5) is 24.3. The molecule has 0 aromatic heterocycles. The Hall–Kier alpha value is -1.14. The van der Waals surface area contributed by atoms with Gasteiger partial charge in [0.15, 0.2) is 0 Å². The maximum Gasteiger partial charge on any atom is 0.413 e. The second-order valence-electron chi connectivity index (χ2n) is 4.54. The molecule has 1 heterocycles. The number of alkyl carbamates (subject to hydrolysis) is 1. The van der Waals surface area contributed by atoms with Gasteiger partial charge in [-0.25, -0.2) is 4.79 Å². The molecule has 0 aliphatic carbocycles. The number of rotatable bonds is 3. The zero-order valence-electron chi connectivity index (χ0n) is 10.4. The Bertz CT molecular complexity index is 281. The summed E-state index contributed by atoms with van der Waals surface area (Å²) in [5, 5.41) is 11.9. The Balaban J connectivity index is 2.26. The van der Waals surface area contributed by atoms with Crippen LogP contribution in [0.1, 0.15) is 26.7 Å². The summed E-state index contributed by atoms with van der Waals surface area (Å²) in [7, 11) is 0. The normalized spacial score (nSPS) is 19.7. The van der Waals surface area contributed by atoms with Crippen LogP contribution in [0.3, 0.4) is 0 Å². The third-order valence-electron chi connectivity index (χ3n) is 2.82. The summed E-state index contributed by atoms with van der Waals surface area (Å²) in [5.74, 6) is -0.370. The Morgan fingerprint density at radius 1 is 1.41 bits per heavy atom. The van der Waals surface area contributed by atoms with Crippen molar-refractivity contribution in [3.8, 4) is 0 Å². The number of imide groups is 1. The lowest BCUT2D eigenvalue weighted by Gasteiger charge is -2.35. The molecule has 2 N–H and O–H groups in total. The SMILES string of the molecule is CCOC(=O)NC(=O)CN1CCC(C)(O)CC1. The highest BCUT2D eigenvalue weighted by atomic mass is 16.5. The number of nitrogens with zero attached hydrogens (tertiary/aromatic N) is 1.